The van der Waals surface area contributed by atoms with Gasteiger partial charge in [-0.25, -0.2) is 0 Å². The fourth-order valence-electron chi connectivity index (χ4n) is 3.60. The first-order valence-corrected chi connectivity index (χ1v) is 11.6. The molecule has 0 amide bonds. The van der Waals surface area contributed by atoms with Crippen LogP contribution in [0.3, 0.4) is 0 Å². The van der Waals surface area contributed by atoms with Gasteiger partial charge in [-0.1, -0.05) is 64.0 Å². The monoisotopic (exact) mass is 387 g/mol. The largest absolute Gasteiger partial charge is 0.497 e. The molecule has 160 valence electrons. The van der Waals surface area contributed by atoms with Gasteiger partial charge in [-0.05, 0) is 69.7 Å². The molecule has 0 radical (unpaired) electrons. The highest BCUT2D eigenvalue weighted by atomic mass is 16.5. The van der Waals surface area contributed by atoms with Crippen molar-refractivity contribution in [3.63, 3.8) is 0 Å². The van der Waals surface area contributed by atoms with Crippen molar-refractivity contribution in [2.75, 3.05) is 25.1 Å². The lowest BCUT2D eigenvalue weighted by Crippen LogP contribution is -2.27. The van der Waals surface area contributed by atoms with Crippen LogP contribution < -0.4 is 9.64 Å². The molecular formula is C26H45NO. The predicted molar refractivity (Wildman–Crippen MR) is 126 cm³/mol. The summed E-state index contributed by atoms with van der Waals surface area (Å²) in [5.74, 6) is 1.71. The molecule has 28 heavy (non-hydrogen) atoms. The van der Waals surface area contributed by atoms with Gasteiger partial charge in [0.25, 0.3) is 0 Å². The summed E-state index contributed by atoms with van der Waals surface area (Å²) in [6.07, 6.45) is 15.7. The molecule has 0 saturated heterocycles. The lowest BCUT2D eigenvalue weighted by atomic mass is 10.0. The molecule has 0 bridgehead atoms. The summed E-state index contributed by atoms with van der Waals surface area (Å²) in [7, 11) is 1.74. The molecule has 2 heteroatoms. The second kappa shape index (κ2) is 15.5. The van der Waals surface area contributed by atoms with Gasteiger partial charge in [0.15, 0.2) is 0 Å². The lowest BCUT2D eigenvalue weighted by molar-refractivity contribution is 0.414. The van der Waals surface area contributed by atoms with Crippen molar-refractivity contribution in [3.8, 4) is 5.75 Å². The summed E-state index contributed by atoms with van der Waals surface area (Å²) in [5, 5.41) is 0. The predicted octanol–water partition coefficient (Wildman–Crippen LogP) is 8.02. The quantitative estimate of drug-likeness (QED) is 0.210. The standard InChI is InChI=1S/C26H45NO/c1-6-7-8-9-10-11-12-21-27(25-16-18-26(28-5)19-17-25)22-20-24(4)15-13-14-23(2)3/h14,16-19,24H,6-13,15,20-22H2,1-5H3. The first-order valence-electron chi connectivity index (χ1n) is 11.6. The Balaban J connectivity index is 2.49. The van der Waals surface area contributed by atoms with Crippen LogP contribution in [-0.2, 0) is 0 Å². The van der Waals surface area contributed by atoms with Crippen LogP contribution in [-0.4, -0.2) is 20.2 Å². The fourth-order valence-corrected chi connectivity index (χ4v) is 3.60. The molecule has 1 unspecified atom stereocenters. The van der Waals surface area contributed by atoms with Crippen molar-refractivity contribution in [3.05, 3.63) is 35.9 Å². The van der Waals surface area contributed by atoms with E-state index in [0.717, 1.165) is 18.2 Å². The zero-order valence-corrected chi connectivity index (χ0v) is 19.3. The van der Waals surface area contributed by atoms with Crippen molar-refractivity contribution >= 4 is 5.69 Å². The average Bonchev–Trinajstić information content (AvgIpc) is 2.69. The van der Waals surface area contributed by atoms with E-state index in [1.54, 1.807) is 7.11 Å². The van der Waals surface area contributed by atoms with E-state index in [-0.39, 0.29) is 0 Å². The highest BCUT2D eigenvalue weighted by molar-refractivity contribution is 5.49. The lowest BCUT2D eigenvalue weighted by Gasteiger charge is -2.26. The molecule has 1 atom stereocenters. The zero-order chi connectivity index (χ0) is 20.6. The van der Waals surface area contributed by atoms with Gasteiger partial charge in [0.05, 0.1) is 7.11 Å². The van der Waals surface area contributed by atoms with Crippen LogP contribution in [0.25, 0.3) is 0 Å². The molecule has 0 aliphatic carbocycles. The molecule has 0 saturated carbocycles. The average molecular weight is 388 g/mol. The first-order chi connectivity index (χ1) is 13.6. The van der Waals surface area contributed by atoms with Crippen molar-refractivity contribution in [1.29, 1.82) is 0 Å². The van der Waals surface area contributed by atoms with Crippen LogP contribution in [0.4, 0.5) is 5.69 Å². The van der Waals surface area contributed by atoms with E-state index in [4.69, 9.17) is 4.74 Å². The van der Waals surface area contributed by atoms with Crippen LogP contribution in [0.5, 0.6) is 5.75 Å². The highest BCUT2D eigenvalue weighted by Gasteiger charge is 2.09. The molecule has 2 nitrogen and oxygen atoms in total. The Morgan fingerprint density at radius 2 is 1.57 bits per heavy atom. The van der Waals surface area contributed by atoms with Crippen LogP contribution in [0.2, 0.25) is 0 Å². The van der Waals surface area contributed by atoms with E-state index >= 15 is 0 Å². The highest BCUT2D eigenvalue weighted by Crippen LogP contribution is 2.22. The molecular weight excluding hydrogens is 342 g/mol. The maximum absolute atomic E-state index is 5.33. The van der Waals surface area contributed by atoms with Gasteiger partial charge in [0.2, 0.25) is 0 Å². The van der Waals surface area contributed by atoms with Gasteiger partial charge in [0.1, 0.15) is 5.75 Å². The molecule has 0 N–H and O–H groups in total. The molecule has 0 aromatic heterocycles. The van der Waals surface area contributed by atoms with Crippen molar-refractivity contribution in [2.24, 2.45) is 5.92 Å². The Kier molecular flexibility index (Phi) is 13.6. The maximum Gasteiger partial charge on any atom is 0.119 e. The Bertz CT molecular complexity index is 516. The maximum atomic E-state index is 5.33. The molecule has 0 aliphatic rings. The van der Waals surface area contributed by atoms with E-state index < -0.39 is 0 Å². The Labute approximate surface area is 175 Å². The number of methoxy groups -OCH3 is 1. The van der Waals surface area contributed by atoms with Crippen molar-refractivity contribution < 1.29 is 4.74 Å². The van der Waals surface area contributed by atoms with Crippen LogP contribution in [0.15, 0.2) is 35.9 Å². The Hall–Kier alpha value is -1.44. The van der Waals surface area contributed by atoms with E-state index in [1.807, 2.05) is 0 Å². The van der Waals surface area contributed by atoms with Gasteiger partial charge in [-0.2, -0.15) is 0 Å². The Morgan fingerprint density at radius 3 is 2.18 bits per heavy atom. The SMILES string of the molecule is CCCCCCCCCN(CCC(C)CCC=C(C)C)c1ccc(OC)cc1. The van der Waals surface area contributed by atoms with Gasteiger partial charge in [-0.15, -0.1) is 0 Å². The van der Waals surface area contributed by atoms with Crippen molar-refractivity contribution in [2.45, 2.75) is 91.9 Å². The number of benzene rings is 1. The van der Waals surface area contributed by atoms with Crippen molar-refractivity contribution in [1.82, 2.24) is 0 Å². The number of anilines is 1. The summed E-state index contributed by atoms with van der Waals surface area (Å²) in [6.45, 7) is 11.4. The summed E-state index contributed by atoms with van der Waals surface area (Å²) >= 11 is 0. The third-order valence-electron chi connectivity index (χ3n) is 5.57. The number of nitrogens with zero attached hydrogens (tertiary/aromatic N) is 1. The molecule has 1 aromatic carbocycles. The number of rotatable bonds is 16. The van der Waals surface area contributed by atoms with E-state index in [0.29, 0.717) is 0 Å². The minimum absolute atomic E-state index is 0.769. The van der Waals surface area contributed by atoms with Gasteiger partial charge in [-0.3, -0.25) is 0 Å². The minimum atomic E-state index is 0.769. The normalized spacial score (nSPS) is 11.9. The molecule has 0 fully saturated rings. The number of ether oxygens (including phenoxy) is 1. The smallest absolute Gasteiger partial charge is 0.119 e. The second-order valence-electron chi connectivity index (χ2n) is 8.56. The van der Waals surface area contributed by atoms with Gasteiger partial charge in [0, 0.05) is 18.8 Å². The first kappa shape index (κ1) is 24.6. The summed E-state index contributed by atoms with van der Waals surface area (Å²) in [6, 6.07) is 8.61. The van der Waals surface area contributed by atoms with E-state index in [2.05, 4.69) is 62.9 Å². The molecule has 0 aliphatic heterocycles. The molecule has 1 aromatic rings. The van der Waals surface area contributed by atoms with E-state index in [1.165, 1.54) is 82.0 Å². The van der Waals surface area contributed by atoms with Crippen LogP contribution >= 0.6 is 0 Å². The molecule has 0 spiro atoms. The second-order valence-corrected chi connectivity index (χ2v) is 8.56. The number of hydrogen-bond acceptors (Lipinski definition) is 2. The van der Waals surface area contributed by atoms with Crippen LogP contribution in [0, 0.1) is 5.92 Å². The zero-order valence-electron chi connectivity index (χ0n) is 19.3. The van der Waals surface area contributed by atoms with Gasteiger partial charge >= 0.3 is 0 Å². The van der Waals surface area contributed by atoms with E-state index in [9.17, 15) is 0 Å². The third kappa shape index (κ3) is 11.4. The number of unbranched alkanes of at least 4 members (excludes halogenated alkanes) is 6. The van der Waals surface area contributed by atoms with Gasteiger partial charge < -0.3 is 9.64 Å². The minimum Gasteiger partial charge on any atom is -0.497 e. The summed E-state index contributed by atoms with van der Waals surface area (Å²) < 4.78 is 5.33. The molecule has 0 heterocycles. The topological polar surface area (TPSA) is 12.5 Å². The number of allylic oxidation sites excluding steroid dienone is 2. The molecule has 1 rings (SSSR count). The van der Waals surface area contributed by atoms with Crippen LogP contribution in [0.1, 0.15) is 91.9 Å². The number of hydrogen-bond donors (Lipinski definition) is 0. The fraction of sp³-hybridized carbons (Fsp3) is 0.692. The Morgan fingerprint density at radius 1 is 0.929 bits per heavy atom. The summed E-state index contributed by atoms with van der Waals surface area (Å²) in [5.41, 5.74) is 2.77. The summed E-state index contributed by atoms with van der Waals surface area (Å²) in [4.78, 5) is 2.59. The third-order valence-corrected chi connectivity index (χ3v) is 5.57.